The van der Waals surface area contributed by atoms with E-state index in [2.05, 4.69) is 62.5 Å². The molecule has 1 rings (SSSR count). The first-order valence-electron chi connectivity index (χ1n) is 11.9. The van der Waals surface area contributed by atoms with E-state index in [4.69, 9.17) is 4.74 Å². The fraction of sp³-hybridized carbons (Fsp3) is 0.483. The van der Waals surface area contributed by atoms with E-state index in [1.165, 1.54) is 31.2 Å². The summed E-state index contributed by atoms with van der Waals surface area (Å²) in [5.41, 5.74) is 3.22. The third-order valence-corrected chi connectivity index (χ3v) is 5.02. The molecule has 170 valence electrons. The molecular weight excluding hydrogens is 380 g/mol. The molecule has 0 amide bonds. The lowest BCUT2D eigenvalue weighted by atomic mass is 10.1. The van der Waals surface area contributed by atoms with Crippen molar-refractivity contribution in [1.82, 2.24) is 0 Å². The van der Waals surface area contributed by atoms with Crippen LogP contribution in [0.25, 0.3) is 0 Å². The van der Waals surface area contributed by atoms with E-state index < -0.39 is 0 Å². The highest BCUT2D eigenvalue weighted by atomic mass is 16.5. The van der Waals surface area contributed by atoms with Gasteiger partial charge in [-0.1, -0.05) is 86.1 Å². The van der Waals surface area contributed by atoms with Crippen molar-refractivity contribution in [1.29, 1.82) is 0 Å². The molecule has 0 aliphatic rings. The van der Waals surface area contributed by atoms with Crippen molar-refractivity contribution in [2.75, 3.05) is 0 Å². The first kappa shape index (κ1) is 26.7. The van der Waals surface area contributed by atoms with Crippen LogP contribution in [0.1, 0.15) is 87.8 Å². The van der Waals surface area contributed by atoms with Gasteiger partial charge < -0.3 is 4.74 Å². The molecule has 0 heterocycles. The summed E-state index contributed by atoms with van der Waals surface area (Å²) >= 11 is 0. The van der Waals surface area contributed by atoms with Crippen molar-refractivity contribution >= 4 is 5.97 Å². The number of allylic oxidation sites excluding steroid dienone is 8. The zero-order valence-corrected chi connectivity index (χ0v) is 20.2. The lowest BCUT2D eigenvalue weighted by Crippen LogP contribution is -2.09. The SMILES string of the molecule is CCCCC/C=C\C/C=C\C/C=C\CC/C=C\CCC(=O)Oc1c(C)cc(C)cc1C. The Hall–Kier alpha value is -2.35. The third-order valence-electron chi connectivity index (χ3n) is 5.02. The summed E-state index contributed by atoms with van der Waals surface area (Å²) in [6, 6.07) is 4.09. The van der Waals surface area contributed by atoms with Gasteiger partial charge in [0.05, 0.1) is 0 Å². The molecule has 0 aromatic heterocycles. The van der Waals surface area contributed by atoms with Crippen molar-refractivity contribution in [2.45, 2.75) is 91.9 Å². The summed E-state index contributed by atoms with van der Waals surface area (Å²) in [6.07, 6.45) is 28.1. The van der Waals surface area contributed by atoms with E-state index in [9.17, 15) is 4.79 Å². The summed E-state index contributed by atoms with van der Waals surface area (Å²) in [5, 5.41) is 0. The number of benzene rings is 1. The molecule has 0 unspecified atom stereocenters. The molecule has 0 atom stereocenters. The largest absolute Gasteiger partial charge is 0.426 e. The lowest BCUT2D eigenvalue weighted by molar-refractivity contribution is -0.134. The maximum absolute atomic E-state index is 12.1. The Morgan fingerprint density at radius 2 is 1.26 bits per heavy atom. The van der Waals surface area contributed by atoms with Gasteiger partial charge in [-0.05, 0) is 76.8 Å². The highest BCUT2D eigenvalue weighted by molar-refractivity contribution is 5.73. The maximum atomic E-state index is 12.1. The van der Waals surface area contributed by atoms with Gasteiger partial charge in [0.2, 0.25) is 0 Å². The Kier molecular flexibility index (Phi) is 14.9. The number of hydrogen-bond acceptors (Lipinski definition) is 2. The van der Waals surface area contributed by atoms with Crippen LogP contribution in [0.5, 0.6) is 5.75 Å². The Labute approximate surface area is 190 Å². The number of rotatable bonds is 15. The molecule has 0 aliphatic heterocycles. The normalized spacial score (nSPS) is 12.1. The van der Waals surface area contributed by atoms with Gasteiger partial charge >= 0.3 is 5.97 Å². The fourth-order valence-electron chi connectivity index (χ4n) is 3.41. The smallest absolute Gasteiger partial charge is 0.311 e. The predicted octanol–water partition coefficient (Wildman–Crippen LogP) is 8.66. The van der Waals surface area contributed by atoms with Crippen molar-refractivity contribution < 1.29 is 9.53 Å². The molecule has 0 radical (unpaired) electrons. The molecule has 0 saturated carbocycles. The van der Waals surface area contributed by atoms with Gasteiger partial charge in [0.1, 0.15) is 5.75 Å². The summed E-state index contributed by atoms with van der Waals surface area (Å²) in [4.78, 5) is 12.1. The average Bonchev–Trinajstić information content (AvgIpc) is 2.73. The average molecular weight is 423 g/mol. The molecule has 0 fully saturated rings. The molecule has 0 aliphatic carbocycles. The summed E-state index contributed by atoms with van der Waals surface area (Å²) in [6.45, 7) is 8.26. The summed E-state index contributed by atoms with van der Waals surface area (Å²) in [7, 11) is 0. The van der Waals surface area contributed by atoms with Crippen molar-refractivity contribution in [3.8, 4) is 5.75 Å². The summed E-state index contributed by atoms with van der Waals surface area (Å²) < 4.78 is 5.57. The second-order valence-corrected chi connectivity index (χ2v) is 8.17. The maximum Gasteiger partial charge on any atom is 0.311 e. The van der Waals surface area contributed by atoms with Crippen LogP contribution < -0.4 is 4.74 Å². The van der Waals surface area contributed by atoms with Gasteiger partial charge in [-0.3, -0.25) is 4.79 Å². The van der Waals surface area contributed by atoms with Crippen LogP contribution in [0.3, 0.4) is 0 Å². The number of carbonyl (C=O) groups is 1. The van der Waals surface area contributed by atoms with Crippen molar-refractivity contribution in [2.24, 2.45) is 0 Å². The van der Waals surface area contributed by atoms with Crippen LogP contribution >= 0.6 is 0 Å². The standard InChI is InChI=1S/C29H42O2/c1-5-6-7-8-9-10-11-12-13-14-15-16-17-18-19-20-21-22-28(30)31-29-26(3)23-25(2)24-27(29)4/h9-10,12-13,15-16,19-20,23-24H,5-8,11,14,17-18,21-22H2,1-4H3/b10-9-,13-12-,16-15-,20-19-. The summed E-state index contributed by atoms with van der Waals surface area (Å²) in [5.74, 6) is 0.545. The number of unbranched alkanes of at least 4 members (excludes halogenated alkanes) is 4. The highest BCUT2D eigenvalue weighted by Gasteiger charge is 2.09. The number of ether oxygens (including phenoxy) is 1. The van der Waals surface area contributed by atoms with E-state index in [0.717, 1.165) is 43.2 Å². The topological polar surface area (TPSA) is 26.3 Å². The Bertz CT molecular complexity index is 727. The highest BCUT2D eigenvalue weighted by Crippen LogP contribution is 2.25. The molecule has 0 saturated heterocycles. The Morgan fingerprint density at radius 1 is 0.742 bits per heavy atom. The molecular formula is C29H42O2. The molecule has 0 N–H and O–H groups in total. The van der Waals surface area contributed by atoms with Gasteiger partial charge in [-0.2, -0.15) is 0 Å². The van der Waals surface area contributed by atoms with Crippen molar-refractivity contribution in [3.05, 3.63) is 77.4 Å². The number of hydrogen-bond donors (Lipinski definition) is 0. The van der Waals surface area contributed by atoms with Gasteiger partial charge in [0.15, 0.2) is 0 Å². The van der Waals surface area contributed by atoms with E-state index in [0.29, 0.717) is 12.2 Å². The van der Waals surface area contributed by atoms with Gasteiger partial charge in [-0.15, -0.1) is 0 Å². The Morgan fingerprint density at radius 3 is 1.87 bits per heavy atom. The monoisotopic (exact) mass is 422 g/mol. The number of carbonyl (C=O) groups excluding carboxylic acids is 1. The second kappa shape index (κ2) is 17.3. The number of esters is 1. The molecule has 2 nitrogen and oxygen atoms in total. The van der Waals surface area contributed by atoms with E-state index in [-0.39, 0.29) is 5.97 Å². The molecule has 2 heteroatoms. The fourth-order valence-corrected chi connectivity index (χ4v) is 3.41. The van der Waals surface area contributed by atoms with Gasteiger partial charge in [0.25, 0.3) is 0 Å². The van der Waals surface area contributed by atoms with E-state index in [1.807, 2.05) is 26.0 Å². The molecule has 1 aromatic rings. The van der Waals surface area contributed by atoms with Crippen LogP contribution in [0.2, 0.25) is 0 Å². The molecule has 0 bridgehead atoms. The van der Waals surface area contributed by atoms with Crippen LogP contribution in [-0.4, -0.2) is 5.97 Å². The first-order valence-corrected chi connectivity index (χ1v) is 11.9. The van der Waals surface area contributed by atoms with E-state index in [1.54, 1.807) is 0 Å². The molecule has 0 spiro atoms. The van der Waals surface area contributed by atoms with Gasteiger partial charge in [0, 0.05) is 6.42 Å². The van der Waals surface area contributed by atoms with Crippen LogP contribution in [0.4, 0.5) is 0 Å². The molecule has 1 aromatic carbocycles. The zero-order valence-electron chi connectivity index (χ0n) is 20.2. The Balaban J connectivity index is 2.08. The lowest BCUT2D eigenvalue weighted by Gasteiger charge is -2.11. The predicted molar refractivity (Wildman–Crippen MR) is 135 cm³/mol. The second-order valence-electron chi connectivity index (χ2n) is 8.17. The van der Waals surface area contributed by atoms with Crippen LogP contribution in [-0.2, 0) is 4.79 Å². The van der Waals surface area contributed by atoms with Gasteiger partial charge in [-0.25, -0.2) is 0 Å². The quantitative estimate of drug-likeness (QED) is 0.122. The minimum atomic E-state index is -0.165. The minimum absolute atomic E-state index is 0.165. The minimum Gasteiger partial charge on any atom is -0.426 e. The van der Waals surface area contributed by atoms with Crippen molar-refractivity contribution in [3.63, 3.8) is 0 Å². The van der Waals surface area contributed by atoms with Crippen LogP contribution in [0, 0.1) is 20.8 Å². The molecule has 31 heavy (non-hydrogen) atoms. The van der Waals surface area contributed by atoms with Crippen LogP contribution in [0.15, 0.2) is 60.7 Å². The van der Waals surface area contributed by atoms with E-state index >= 15 is 0 Å². The third kappa shape index (κ3) is 13.5. The number of aryl methyl sites for hydroxylation is 3. The zero-order chi connectivity index (χ0) is 22.7. The first-order chi connectivity index (χ1) is 15.0.